The largest absolute Gasteiger partial charge is 0.497 e. The Morgan fingerprint density at radius 1 is 1.07 bits per heavy atom. The number of methoxy groups -OCH3 is 1. The molecule has 4 N–H and O–H groups in total. The van der Waals surface area contributed by atoms with Gasteiger partial charge in [-0.2, -0.15) is 0 Å². The van der Waals surface area contributed by atoms with Gasteiger partial charge in [-0.1, -0.05) is 12.1 Å². The van der Waals surface area contributed by atoms with Gasteiger partial charge in [0.2, 0.25) is 11.8 Å². The third kappa shape index (κ3) is 6.53. The summed E-state index contributed by atoms with van der Waals surface area (Å²) in [5.74, 6) is -0.314. The van der Waals surface area contributed by atoms with Gasteiger partial charge in [-0.25, -0.2) is 4.79 Å². The highest BCUT2D eigenvalue weighted by Gasteiger charge is 2.16. The fourth-order valence-corrected chi connectivity index (χ4v) is 2.72. The number of primary amides is 1. The number of amides is 4. The third-order valence-electron chi connectivity index (χ3n) is 4.51. The van der Waals surface area contributed by atoms with E-state index in [0.29, 0.717) is 17.1 Å². The van der Waals surface area contributed by atoms with Crippen molar-refractivity contribution in [3.05, 3.63) is 53.6 Å². The summed E-state index contributed by atoms with van der Waals surface area (Å²) in [7, 11) is 1.56. The molecular formula is C21H26N4O4. The minimum atomic E-state index is -0.617. The molecule has 29 heavy (non-hydrogen) atoms. The minimum absolute atomic E-state index is 0.0774. The molecular weight excluding hydrogens is 372 g/mol. The lowest BCUT2D eigenvalue weighted by molar-refractivity contribution is -0.119. The Morgan fingerprint density at radius 3 is 2.38 bits per heavy atom. The van der Waals surface area contributed by atoms with Crippen molar-refractivity contribution in [1.29, 1.82) is 0 Å². The fraction of sp³-hybridized carbons (Fsp3) is 0.286. The van der Waals surface area contributed by atoms with Gasteiger partial charge in [0.1, 0.15) is 5.75 Å². The van der Waals surface area contributed by atoms with Gasteiger partial charge in [-0.05, 0) is 55.3 Å². The van der Waals surface area contributed by atoms with E-state index in [1.54, 1.807) is 42.3 Å². The molecule has 0 saturated carbocycles. The van der Waals surface area contributed by atoms with E-state index in [9.17, 15) is 14.4 Å². The Hall–Kier alpha value is -3.55. The average molecular weight is 398 g/mol. The van der Waals surface area contributed by atoms with Gasteiger partial charge in [0.05, 0.1) is 13.7 Å². The Balaban J connectivity index is 2.02. The number of nitrogens with one attached hydrogen (secondary N) is 2. The first-order chi connectivity index (χ1) is 13.8. The SMILES string of the molecule is COc1ccc(N(CCC(N)=O)CC(=O)NC(=O)Nc2cccc(C)c2C)cc1. The van der Waals surface area contributed by atoms with Crippen LogP contribution in [-0.2, 0) is 9.59 Å². The molecule has 0 aliphatic heterocycles. The predicted octanol–water partition coefficient (Wildman–Crippen LogP) is 2.34. The molecule has 0 atom stereocenters. The summed E-state index contributed by atoms with van der Waals surface area (Å²) in [6, 6.07) is 11.9. The van der Waals surface area contributed by atoms with Gasteiger partial charge in [-0.15, -0.1) is 0 Å². The van der Waals surface area contributed by atoms with Crippen molar-refractivity contribution in [1.82, 2.24) is 5.32 Å². The first kappa shape index (κ1) is 21.7. The van der Waals surface area contributed by atoms with E-state index in [1.807, 2.05) is 26.0 Å². The van der Waals surface area contributed by atoms with Gasteiger partial charge < -0.3 is 20.7 Å². The lowest BCUT2D eigenvalue weighted by Crippen LogP contribution is -2.42. The van der Waals surface area contributed by atoms with Crippen molar-refractivity contribution in [3.8, 4) is 5.75 Å². The summed E-state index contributed by atoms with van der Waals surface area (Å²) < 4.78 is 5.13. The van der Waals surface area contributed by atoms with Crippen molar-refractivity contribution >= 4 is 29.2 Å². The summed E-state index contributed by atoms with van der Waals surface area (Å²) in [6.07, 6.45) is 0.0774. The van der Waals surface area contributed by atoms with Crippen molar-refractivity contribution in [2.24, 2.45) is 5.73 Å². The van der Waals surface area contributed by atoms with Crippen molar-refractivity contribution in [2.45, 2.75) is 20.3 Å². The lowest BCUT2D eigenvalue weighted by Gasteiger charge is -2.24. The number of carbonyl (C=O) groups excluding carboxylic acids is 3. The number of hydrogen-bond donors (Lipinski definition) is 3. The van der Waals surface area contributed by atoms with Crippen LogP contribution in [0.4, 0.5) is 16.2 Å². The topological polar surface area (TPSA) is 114 Å². The summed E-state index contributed by atoms with van der Waals surface area (Å²) in [5.41, 5.74) is 8.54. The number of ether oxygens (including phenoxy) is 1. The summed E-state index contributed by atoms with van der Waals surface area (Å²) in [5, 5.41) is 4.99. The van der Waals surface area contributed by atoms with E-state index in [4.69, 9.17) is 10.5 Å². The Bertz CT molecular complexity index is 881. The average Bonchev–Trinajstić information content (AvgIpc) is 2.68. The van der Waals surface area contributed by atoms with E-state index in [1.165, 1.54) is 0 Å². The first-order valence-electron chi connectivity index (χ1n) is 9.14. The Labute approximate surface area is 170 Å². The van der Waals surface area contributed by atoms with E-state index < -0.39 is 17.8 Å². The quantitative estimate of drug-likeness (QED) is 0.632. The molecule has 154 valence electrons. The van der Waals surface area contributed by atoms with Crippen LogP contribution in [0.25, 0.3) is 0 Å². The smallest absolute Gasteiger partial charge is 0.325 e. The van der Waals surface area contributed by atoms with Crippen molar-refractivity contribution < 1.29 is 19.1 Å². The summed E-state index contributed by atoms with van der Waals surface area (Å²) in [6.45, 7) is 3.96. The number of nitrogens with zero attached hydrogens (tertiary/aromatic N) is 1. The number of benzene rings is 2. The highest BCUT2D eigenvalue weighted by molar-refractivity contribution is 6.02. The third-order valence-corrected chi connectivity index (χ3v) is 4.51. The molecule has 2 aromatic carbocycles. The van der Waals surface area contributed by atoms with Crippen molar-refractivity contribution in [2.75, 3.05) is 30.4 Å². The molecule has 2 rings (SSSR count). The number of rotatable bonds is 8. The van der Waals surface area contributed by atoms with Crippen molar-refractivity contribution in [3.63, 3.8) is 0 Å². The Morgan fingerprint density at radius 2 is 1.76 bits per heavy atom. The maximum Gasteiger partial charge on any atom is 0.325 e. The minimum Gasteiger partial charge on any atom is -0.497 e. The van der Waals surface area contributed by atoms with Gasteiger partial charge >= 0.3 is 6.03 Å². The monoisotopic (exact) mass is 398 g/mol. The standard InChI is InChI=1S/C21H26N4O4/c1-14-5-4-6-18(15(14)2)23-21(28)24-20(27)13-25(12-11-19(22)26)16-7-9-17(29-3)10-8-16/h4-10H,11-13H2,1-3H3,(H2,22,26)(H2,23,24,27,28). The number of anilines is 2. The first-order valence-corrected chi connectivity index (χ1v) is 9.14. The zero-order chi connectivity index (χ0) is 21.4. The highest BCUT2D eigenvalue weighted by atomic mass is 16.5. The van der Waals surface area contributed by atoms with E-state index in [2.05, 4.69) is 10.6 Å². The van der Waals surface area contributed by atoms with E-state index in [0.717, 1.165) is 11.1 Å². The van der Waals surface area contributed by atoms with Crippen LogP contribution in [-0.4, -0.2) is 38.0 Å². The maximum atomic E-state index is 12.4. The Kier molecular flexibility index (Phi) is 7.59. The molecule has 0 heterocycles. The van der Waals surface area contributed by atoms with Crippen LogP contribution in [0.5, 0.6) is 5.75 Å². The normalized spacial score (nSPS) is 10.2. The van der Waals surface area contributed by atoms with Crippen LogP contribution in [0.1, 0.15) is 17.5 Å². The van der Waals surface area contributed by atoms with Crippen LogP contribution >= 0.6 is 0 Å². The molecule has 0 saturated heterocycles. The molecule has 0 spiro atoms. The van der Waals surface area contributed by atoms with Crippen LogP contribution in [0, 0.1) is 13.8 Å². The molecule has 0 aliphatic carbocycles. The zero-order valence-electron chi connectivity index (χ0n) is 16.8. The van der Waals surface area contributed by atoms with Crippen LogP contribution in [0.2, 0.25) is 0 Å². The summed E-state index contributed by atoms with van der Waals surface area (Å²) >= 11 is 0. The highest BCUT2D eigenvalue weighted by Crippen LogP contribution is 2.20. The number of carbonyl (C=O) groups is 3. The van der Waals surface area contributed by atoms with Crippen LogP contribution in [0.15, 0.2) is 42.5 Å². The number of hydrogen-bond acceptors (Lipinski definition) is 5. The zero-order valence-corrected chi connectivity index (χ0v) is 16.8. The van der Waals surface area contributed by atoms with Gasteiger partial charge in [0.25, 0.3) is 0 Å². The molecule has 8 heteroatoms. The second kappa shape index (κ2) is 10.1. The summed E-state index contributed by atoms with van der Waals surface area (Å²) in [4.78, 5) is 37.4. The number of aryl methyl sites for hydroxylation is 1. The van der Waals surface area contributed by atoms with E-state index >= 15 is 0 Å². The maximum absolute atomic E-state index is 12.4. The molecule has 0 unspecified atom stereocenters. The number of urea groups is 1. The molecule has 0 fully saturated rings. The fourth-order valence-electron chi connectivity index (χ4n) is 2.72. The number of nitrogens with two attached hydrogens (primary N) is 1. The molecule has 0 aromatic heterocycles. The molecule has 4 amide bonds. The molecule has 0 radical (unpaired) electrons. The molecule has 0 aliphatic rings. The molecule has 2 aromatic rings. The predicted molar refractivity (Wildman–Crippen MR) is 112 cm³/mol. The number of imide groups is 1. The van der Waals surface area contributed by atoms with Gasteiger partial charge in [-0.3, -0.25) is 14.9 Å². The molecule has 8 nitrogen and oxygen atoms in total. The van der Waals surface area contributed by atoms with Gasteiger partial charge in [0, 0.05) is 24.3 Å². The molecule has 0 bridgehead atoms. The lowest BCUT2D eigenvalue weighted by atomic mass is 10.1. The van der Waals surface area contributed by atoms with Gasteiger partial charge in [0.15, 0.2) is 0 Å². The second-order valence-corrected chi connectivity index (χ2v) is 6.59. The van der Waals surface area contributed by atoms with Crippen LogP contribution in [0.3, 0.4) is 0 Å². The van der Waals surface area contributed by atoms with Crippen LogP contribution < -0.4 is 26.0 Å². The second-order valence-electron chi connectivity index (χ2n) is 6.59. The van der Waals surface area contributed by atoms with E-state index in [-0.39, 0.29) is 19.5 Å².